The molecule has 4 N–H and O–H groups in total. The molecule has 1 aromatic carbocycles. The molecule has 0 saturated heterocycles. The lowest BCUT2D eigenvalue weighted by Crippen LogP contribution is -2.22. The Hall–Kier alpha value is -1.60. The molecule has 0 aliphatic carbocycles. The summed E-state index contributed by atoms with van der Waals surface area (Å²) in [5.41, 5.74) is 3.38. The van der Waals surface area contributed by atoms with E-state index in [0.29, 0.717) is 18.2 Å². The van der Waals surface area contributed by atoms with Crippen LogP contribution in [0.25, 0.3) is 0 Å². The van der Waals surface area contributed by atoms with Crippen LogP contribution in [0.15, 0.2) is 42.5 Å². The van der Waals surface area contributed by atoms with E-state index in [9.17, 15) is 0 Å². The number of hydrogen-bond acceptors (Lipinski definition) is 6. The highest BCUT2D eigenvalue weighted by Gasteiger charge is 2.10. The highest BCUT2D eigenvalue weighted by atomic mass is 35.5. The van der Waals surface area contributed by atoms with E-state index in [1.54, 1.807) is 12.1 Å². The molecule has 2 aromatic rings. The van der Waals surface area contributed by atoms with Gasteiger partial charge in [-0.3, -0.25) is 0 Å². The Labute approximate surface area is 129 Å². The zero-order chi connectivity index (χ0) is 12.8. The number of hydrogen-bond donors (Lipinski definition) is 3. The Balaban J connectivity index is 0.00000180. The van der Waals surface area contributed by atoms with Crippen molar-refractivity contribution in [3.05, 3.63) is 42.5 Å². The van der Waals surface area contributed by atoms with Gasteiger partial charge in [-0.05, 0) is 24.3 Å². The topological polar surface area (TPSA) is 87.3 Å². The second-order valence-corrected chi connectivity index (χ2v) is 3.63. The summed E-state index contributed by atoms with van der Waals surface area (Å²) in [6, 6.07) is 13.2. The Kier molecular flexibility index (Phi) is 8.58. The summed E-state index contributed by atoms with van der Waals surface area (Å²) < 4.78 is 0. The van der Waals surface area contributed by atoms with Crippen LogP contribution >= 0.6 is 24.8 Å². The third-order valence-corrected chi connectivity index (χ3v) is 2.47. The number of aliphatic hydroxyl groups is 1. The minimum atomic E-state index is 0. The van der Waals surface area contributed by atoms with E-state index >= 15 is 0 Å². The maximum absolute atomic E-state index is 9.14. The lowest BCUT2D eigenvalue weighted by molar-refractivity contribution is 0.305. The number of aromatic nitrogens is 2. The molecular formula is C12H17Cl2N5O. The van der Waals surface area contributed by atoms with Gasteiger partial charge in [0.15, 0.2) is 11.6 Å². The fraction of sp³-hybridized carbons (Fsp3) is 0.167. The third kappa shape index (κ3) is 4.50. The molecule has 0 radical (unpaired) electrons. The van der Waals surface area contributed by atoms with Crippen LogP contribution in [0.4, 0.5) is 17.3 Å². The van der Waals surface area contributed by atoms with Crippen molar-refractivity contribution in [2.75, 3.05) is 23.5 Å². The number of halogens is 2. The van der Waals surface area contributed by atoms with Gasteiger partial charge in [-0.15, -0.1) is 35.0 Å². The van der Waals surface area contributed by atoms with Crippen molar-refractivity contribution in [2.45, 2.75) is 0 Å². The van der Waals surface area contributed by atoms with Crippen molar-refractivity contribution in [2.24, 2.45) is 5.84 Å². The zero-order valence-corrected chi connectivity index (χ0v) is 12.3. The first-order chi connectivity index (χ1) is 8.85. The number of nitrogens with zero attached hydrogens (tertiary/aromatic N) is 3. The Morgan fingerprint density at radius 3 is 2.25 bits per heavy atom. The molecule has 0 bridgehead atoms. The molecule has 1 aromatic heterocycles. The van der Waals surface area contributed by atoms with Crippen LogP contribution in [0.3, 0.4) is 0 Å². The average Bonchev–Trinajstić information content (AvgIpc) is 2.46. The molecule has 0 saturated carbocycles. The van der Waals surface area contributed by atoms with E-state index in [-0.39, 0.29) is 31.4 Å². The first-order valence-corrected chi connectivity index (χ1v) is 5.59. The number of aliphatic hydroxyl groups excluding tert-OH is 1. The number of para-hydroxylation sites is 1. The number of nitrogens with one attached hydrogen (secondary N) is 1. The lowest BCUT2D eigenvalue weighted by Gasteiger charge is -2.22. The molecule has 0 fully saturated rings. The monoisotopic (exact) mass is 317 g/mol. The van der Waals surface area contributed by atoms with Crippen molar-refractivity contribution < 1.29 is 5.11 Å². The van der Waals surface area contributed by atoms with E-state index < -0.39 is 0 Å². The second-order valence-electron chi connectivity index (χ2n) is 3.63. The summed E-state index contributed by atoms with van der Waals surface area (Å²) in [5, 5.41) is 17.1. The van der Waals surface area contributed by atoms with Crippen molar-refractivity contribution >= 4 is 42.1 Å². The van der Waals surface area contributed by atoms with Crippen LogP contribution in [0.2, 0.25) is 0 Å². The Morgan fingerprint density at radius 1 is 1.05 bits per heavy atom. The predicted octanol–water partition coefficient (Wildman–Crippen LogP) is 1.74. The minimum Gasteiger partial charge on any atom is -0.395 e. The summed E-state index contributed by atoms with van der Waals surface area (Å²) in [5.74, 6) is 6.40. The van der Waals surface area contributed by atoms with Crippen LogP contribution in [-0.2, 0) is 0 Å². The summed E-state index contributed by atoms with van der Waals surface area (Å²) in [6.45, 7) is 0.488. The van der Waals surface area contributed by atoms with Crippen LogP contribution in [-0.4, -0.2) is 28.5 Å². The number of nitrogen functional groups attached to an aromatic ring is 1. The highest BCUT2D eigenvalue weighted by molar-refractivity contribution is 5.85. The lowest BCUT2D eigenvalue weighted by atomic mass is 10.3. The predicted molar refractivity (Wildman–Crippen MR) is 84.9 cm³/mol. The van der Waals surface area contributed by atoms with Gasteiger partial charge in [0.05, 0.1) is 6.61 Å². The molecule has 0 aliphatic heterocycles. The molecule has 110 valence electrons. The van der Waals surface area contributed by atoms with Gasteiger partial charge in [-0.1, -0.05) is 18.2 Å². The molecular weight excluding hydrogens is 301 g/mol. The van der Waals surface area contributed by atoms with Gasteiger partial charge in [0, 0.05) is 12.2 Å². The van der Waals surface area contributed by atoms with Gasteiger partial charge < -0.3 is 15.4 Å². The average molecular weight is 318 g/mol. The Bertz CT molecular complexity index is 483. The standard InChI is InChI=1S/C12H15N5O.2ClH/c13-14-11-6-7-12(16-15-11)17(8-9-18)10-4-2-1-3-5-10;;/h1-7,18H,8-9,13H2,(H,14,15);2*1H. The molecule has 0 unspecified atom stereocenters. The van der Waals surface area contributed by atoms with Crippen LogP contribution in [0.5, 0.6) is 0 Å². The normalized spacial score (nSPS) is 9.10. The van der Waals surface area contributed by atoms with Crippen molar-refractivity contribution in [3.8, 4) is 0 Å². The summed E-state index contributed by atoms with van der Waals surface area (Å²) in [4.78, 5) is 1.88. The van der Waals surface area contributed by atoms with Crippen LogP contribution in [0.1, 0.15) is 0 Å². The molecule has 0 aliphatic rings. The van der Waals surface area contributed by atoms with Gasteiger partial charge in [0.25, 0.3) is 0 Å². The summed E-state index contributed by atoms with van der Waals surface area (Å²) in [6.07, 6.45) is 0. The first-order valence-electron chi connectivity index (χ1n) is 5.59. The highest BCUT2D eigenvalue weighted by Crippen LogP contribution is 2.22. The van der Waals surface area contributed by atoms with E-state index in [4.69, 9.17) is 10.9 Å². The zero-order valence-electron chi connectivity index (χ0n) is 10.6. The number of hydrazine groups is 1. The van der Waals surface area contributed by atoms with Crippen LogP contribution < -0.4 is 16.2 Å². The molecule has 0 spiro atoms. The molecule has 0 atom stereocenters. The Morgan fingerprint density at radius 2 is 1.75 bits per heavy atom. The number of benzene rings is 1. The maximum atomic E-state index is 9.14. The largest absolute Gasteiger partial charge is 0.395 e. The minimum absolute atomic E-state index is 0. The van der Waals surface area contributed by atoms with E-state index in [2.05, 4.69) is 15.6 Å². The van der Waals surface area contributed by atoms with E-state index in [1.165, 1.54) is 0 Å². The smallest absolute Gasteiger partial charge is 0.162 e. The quantitative estimate of drug-likeness (QED) is 0.575. The molecule has 6 nitrogen and oxygen atoms in total. The SMILES string of the molecule is Cl.Cl.NNc1ccc(N(CCO)c2ccccc2)nn1. The molecule has 0 amide bonds. The second kappa shape index (κ2) is 9.33. The number of rotatable bonds is 5. The first kappa shape index (κ1) is 18.4. The molecule has 8 heteroatoms. The van der Waals surface area contributed by atoms with Crippen molar-refractivity contribution in [1.82, 2.24) is 10.2 Å². The van der Waals surface area contributed by atoms with Crippen molar-refractivity contribution in [1.29, 1.82) is 0 Å². The van der Waals surface area contributed by atoms with Gasteiger partial charge in [-0.2, -0.15) is 0 Å². The van der Waals surface area contributed by atoms with E-state index in [1.807, 2.05) is 35.2 Å². The van der Waals surface area contributed by atoms with Gasteiger partial charge in [0.1, 0.15) is 0 Å². The number of nitrogens with two attached hydrogens (primary N) is 1. The number of anilines is 3. The molecule has 2 rings (SSSR count). The van der Waals surface area contributed by atoms with Gasteiger partial charge >= 0.3 is 0 Å². The van der Waals surface area contributed by atoms with Crippen LogP contribution in [0, 0.1) is 0 Å². The fourth-order valence-corrected chi connectivity index (χ4v) is 1.63. The fourth-order valence-electron chi connectivity index (χ4n) is 1.63. The van der Waals surface area contributed by atoms with Crippen molar-refractivity contribution in [3.63, 3.8) is 0 Å². The van der Waals surface area contributed by atoms with Gasteiger partial charge in [-0.25, -0.2) is 5.84 Å². The van der Waals surface area contributed by atoms with Gasteiger partial charge in [0.2, 0.25) is 0 Å². The summed E-state index contributed by atoms with van der Waals surface area (Å²) in [7, 11) is 0. The third-order valence-electron chi connectivity index (χ3n) is 2.47. The summed E-state index contributed by atoms with van der Waals surface area (Å²) >= 11 is 0. The van der Waals surface area contributed by atoms with E-state index in [0.717, 1.165) is 5.69 Å². The molecule has 20 heavy (non-hydrogen) atoms. The molecule has 1 heterocycles. The maximum Gasteiger partial charge on any atom is 0.162 e.